The maximum atomic E-state index is 11.9. The molecule has 22 heavy (non-hydrogen) atoms. The van der Waals surface area contributed by atoms with Crippen LogP contribution in [-0.2, 0) is 9.53 Å². The molecule has 0 saturated carbocycles. The highest BCUT2D eigenvalue weighted by atomic mass is 35.5. The van der Waals surface area contributed by atoms with Crippen molar-refractivity contribution in [3.8, 4) is 0 Å². The highest BCUT2D eigenvalue weighted by Crippen LogP contribution is 2.29. The van der Waals surface area contributed by atoms with E-state index in [9.17, 15) is 9.59 Å². The molecule has 0 unspecified atom stereocenters. The van der Waals surface area contributed by atoms with Crippen molar-refractivity contribution in [2.24, 2.45) is 0 Å². The lowest BCUT2D eigenvalue weighted by molar-refractivity contribution is -0.119. The summed E-state index contributed by atoms with van der Waals surface area (Å²) in [5.74, 6) is -1.07. The minimum atomic E-state index is -0.557. The van der Waals surface area contributed by atoms with E-state index in [1.807, 2.05) is 6.07 Å². The first-order valence-corrected chi connectivity index (χ1v) is 7.21. The Morgan fingerprint density at radius 2 is 1.68 bits per heavy atom. The number of anilines is 1. The van der Waals surface area contributed by atoms with Crippen molar-refractivity contribution in [2.75, 3.05) is 11.9 Å². The molecule has 2 rings (SSSR count). The standard InChI is InChI=1S/C16H13Cl2NO3/c1-10-5-2-3-6-11(10)16(21)22-9-14(20)19-15-12(17)7-4-8-13(15)18/h2-8H,9H2,1H3,(H,19,20). The summed E-state index contributed by atoms with van der Waals surface area (Å²) < 4.78 is 4.99. The van der Waals surface area contributed by atoms with Crippen molar-refractivity contribution in [3.63, 3.8) is 0 Å². The number of hydrogen-bond donors (Lipinski definition) is 1. The molecule has 0 spiro atoms. The average molecular weight is 338 g/mol. The molecule has 1 amide bonds. The summed E-state index contributed by atoms with van der Waals surface area (Å²) >= 11 is 11.9. The van der Waals surface area contributed by atoms with Gasteiger partial charge in [0.25, 0.3) is 5.91 Å². The maximum Gasteiger partial charge on any atom is 0.338 e. The van der Waals surface area contributed by atoms with Gasteiger partial charge in [-0.25, -0.2) is 4.79 Å². The second kappa shape index (κ2) is 7.29. The Morgan fingerprint density at radius 3 is 2.32 bits per heavy atom. The summed E-state index contributed by atoms with van der Waals surface area (Å²) in [6.45, 7) is 1.37. The van der Waals surface area contributed by atoms with E-state index in [0.29, 0.717) is 21.3 Å². The monoisotopic (exact) mass is 337 g/mol. The third kappa shape index (κ3) is 4.00. The van der Waals surface area contributed by atoms with Crippen LogP contribution in [0.3, 0.4) is 0 Å². The summed E-state index contributed by atoms with van der Waals surface area (Å²) in [5, 5.41) is 3.14. The number of para-hydroxylation sites is 1. The Morgan fingerprint density at radius 1 is 1.05 bits per heavy atom. The summed E-state index contributed by atoms with van der Waals surface area (Å²) in [4.78, 5) is 23.7. The Balaban J connectivity index is 1.96. The molecule has 0 fully saturated rings. The van der Waals surface area contributed by atoms with Crippen LogP contribution in [0.25, 0.3) is 0 Å². The lowest BCUT2D eigenvalue weighted by Gasteiger charge is -2.10. The number of carbonyl (C=O) groups excluding carboxylic acids is 2. The van der Waals surface area contributed by atoms with E-state index in [0.717, 1.165) is 5.56 Å². The van der Waals surface area contributed by atoms with Crippen LogP contribution >= 0.6 is 23.2 Å². The molecule has 2 aromatic carbocycles. The van der Waals surface area contributed by atoms with Gasteiger partial charge in [-0.2, -0.15) is 0 Å². The second-order valence-corrected chi connectivity index (χ2v) is 5.35. The summed E-state index contributed by atoms with van der Waals surface area (Å²) in [6, 6.07) is 11.8. The maximum absolute atomic E-state index is 11.9. The summed E-state index contributed by atoms with van der Waals surface area (Å²) in [5.41, 5.74) is 1.50. The molecule has 0 aliphatic heterocycles. The number of rotatable bonds is 4. The van der Waals surface area contributed by atoms with Gasteiger partial charge in [-0.15, -0.1) is 0 Å². The fraction of sp³-hybridized carbons (Fsp3) is 0.125. The minimum absolute atomic E-state index is 0.294. The topological polar surface area (TPSA) is 55.4 Å². The van der Waals surface area contributed by atoms with Crippen LogP contribution in [0.5, 0.6) is 0 Å². The predicted octanol–water partition coefficient (Wildman–Crippen LogP) is 4.10. The van der Waals surface area contributed by atoms with Crippen molar-refractivity contribution in [1.82, 2.24) is 0 Å². The zero-order chi connectivity index (χ0) is 16.1. The third-order valence-electron chi connectivity index (χ3n) is 2.93. The smallest absolute Gasteiger partial charge is 0.338 e. The molecule has 114 valence electrons. The number of ether oxygens (including phenoxy) is 1. The largest absolute Gasteiger partial charge is 0.452 e. The van der Waals surface area contributed by atoms with E-state index in [1.54, 1.807) is 43.3 Å². The van der Waals surface area contributed by atoms with E-state index in [-0.39, 0.29) is 0 Å². The number of aryl methyl sites for hydroxylation is 1. The van der Waals surface area contributed by atoms with Gasteiger partial charge in [0.2, 0.25) is 0 Å². The molecule has 0 aromatic heterocycles. The molecule has 6 heteroatoms. The molecule has 0 radical (unpaired) electrons. The normalized spacial score (nSPS) is 10.1. The van der Waals surface area contributed by atoms with Crippen LogP contribution in [0.1, 0.15) is 15.9 Å². The number of benzene rings is 2. The number of esters is 1. The predicted molar refractivity (Wildman–Crippen MR) is 86.6 cm³/mol. The first-order valence-electron chi connectivity index (χ1n) is 6.45. The van der Waals surface area contributed by atoms with Crippen LogP contribution in [0.2, 0.25) is 10.0 Å². The zero-order valence-corrected chi connectivity index (χ0v) is 13.2. The lowest BCUT2D eigenvalue weighted by atomic mass is 10.1. The molecule has 4 nitrogen and oxygen atoms in total. The van der Waals surface area contributed by atoms with Gasteiger partial charge < -0.3 is 10.1 Å². The first kappa shape index (κ1) is 16.3. The Labute approximate surface area is 138 Å². The number of hydrogen-bond acceptors (Lipinski definition) is 3. The van der Waals surface area contributed by atoms with E-state index < -0.39 is 18.5 Å². The van der Waals surface area contributed by atoms with Crippen LogP contribution in [0, 0.1) is 6.92 Å². The van der Waals surface area contributed by atoms with Crippen molar-refractivity contribution in [1.29, 1.82) is 0 Å². The second-order valence-electron chi connectivity index (χ2n) is 4.54. The highest BCUT2D eigenvalue weighted by Gasteiger charge is 2.14. The van der Waals surface area contributed by atoms with Gasteiger partial charge in [0.1, 0.15) is 0 Å². The SMILES string of the molecule is Cc1ccccc1C(=O)OCC(=O)Nc1c(Cl)cccc1Cl. The molecule has 0 saturated heterocycles. The van der Waals surface area contributed by atoms with Gasteiger partial charge >= 0.3 is 5.97 Å². The van der Waals surface area contributed by atoms with Crippen molar-refractivity contribution in [2.45, 2.75) is 6.92 Å². The van der Waals surface area contributed by atoms with E-state index in [4.69, 9.17) is 27.9 Å². The molecule has 0 aliphatic carbocycles. The lowest BCUT2D eigenvalue weighted by Crippen LogP contribution is -2.21. The molecule has 0 bridgehead atoms. The fourth-order valence-corrected chi connectivity index (χ4v) is 2.30. The third-order valence-corrected chi connectivity index (χ3v) is 3.56. The van der Waals surface area contributed by atoms with Gasteiger partial charge in [-0.3, -0.25) is 4.79 Å². The quantitative estimate of drug-likeness (QED) is 0.854. The van der Waals surface area contributed by atoms with E-state index in [1.165, 1.54) is 0 Å². The number of carbonyl (C=O) groups is 2. The zero-order valence-electron chi connectivity index (χ0n) is 11.7. The molecule has 0 aliphatic rings. The molecule has 0 atom stereocenters. The molecule has 2 aromatic rings. The average Bonchev–Trinajstić information content (AvgIpc) is 2.49. The van der Waals surface area contributed by atoms with Crippen LogP contribution in [0.15, 0.2) is 42.5 Å². The molecular formula is C16H13Cl2NO3. The Kier molecular flexibility index (Phi) is 5.41. The van der Waals surface area contributed by atoms with Gasteiger partial charge in [-0.05, 0) is 30.7 Å². The van der Waals surface area contributed by atoms with Gasteiger partial charge in [-0.1, -0.05) is 47.5 Å². The minimum Gasteiger partial charge on any atom is -0.452 e. The van der Waals surface area contributed by atoms with Crippen molar-refractivity contribution in [3.05, 3.63) is 63.6 Å². The number of halogens is 2. The molecule has 0 heterocycles. The number of amides is 1. The Hall–Kier alpha value is -2.04. The van der Waals surface area contributed by atoms with E-state index in [2.05, 4.69) is 5.32 Å². The van der Waals surface area contributed by atoms with Gasteiger partial charge in [0.15, 0.2) is 6.61 Å². The van der Waals surface area contributed by atoms with Crippen LogP contribution in [0.4, 0.5) is 5.69 Å². The Bertz CT molecular complexity index is 696. The summed E-state index contributed by atoms with van der Waals surface area (Å²) in [7, 11) is 0. The summed E-state index contributed by atoms with van der Waals surface area (Å²) in [6.07, 6.45) is 0. The van der Waals surface area contributed by atoms with Gasteiger partial charge in [0, 0.05) is 0 Å². The number of nitrogens with one attached hydrogen (secondary N) is 1. The van der Waals surface area contributed by atoms with Crippen molar-refractivity contribution < 1.29 is 14.3 Å². The highest BCUT2D eigenvalue weighted by molar-refractivity contribution is 6.39. The van der Waals surface area contributed by atoms with E-state index >= 15 is 0 Å². The van der Waals surface area contributed by atoms with Crippen LogP contribution in [-0.4, -0.2) is 18.5 Å². The first-order chi connectivity index (χ1) is 10.5. The van der Waals surface area contributed by atoms with Crippen LogP contribution < -0.4 is 5.32 Å². The fourth-order valence-electron chi connectivity index (χ4n) is 1.80. The van der Waals surface area contributed by atoms with Crippen molar-refractivity contribution >= 4 is 40.8 Å². The van der Waals surface area contributed by atoms with Gasteiger partial charge in [0.05, 0.1) is 21.3 Å². The molecular weight excluding hydrogens is 325 g/mol. The molecule has 1 N–H and O–H groups in total.